The standard InChI is InChI=1S/C18H13F3N4O/c1-10-3-2-4-11(7-10)24-18(26)14-8-15(23-9-22-14)25-13-6-5-12(19)16(20)17(13)21/h2-9H,1H3,(H,24,26)(H,22,23,25). The molecule has 0 spiro atoms. The van der Waals surface area contributed by atoms with Crippen molar-refractivity contribution in [2.24, 2.45) is 0 Å². The smallest absolute Gasteiger partial charge is 0.274 e. The topological polar surface area (TPSA) is 66.9 Å². The maximum absolute atomic E-state index is 13.7. The summed E-state index contributed by atoms with van der Waals surface area (Å²) in [6.45, 7) is 1.89. The highest BCUT2D eigenvalue weighted by Gasteiger charge is 2.15. The van der Waals surface area contributed by atoms with Gasteiger partial charge in [-0.05, 0) is 36.8 Å². The zero-order valence-corrected chi connectivity index (χ0v) is 13.6. The highest BCUT2D eigenvalue weighted by Crippen LogP contribution is 2.23. The van der Waals surface area contributed by atoms with Crippen LogP contribution in [0, 0.1) is 24.4 Å². The Morgan fingerprint density at radius 3 is 2.58 bits per heavy atom. The number of amides is 1. The van der Waals surface area contributed by atoms with Gasteiger partial charge in [-0.25, -0.2) is 23.1 Å². The van der Waals surface area contributed by atoms with Gasteiger partial charge in [0.25, 0.3) is 5.91 Å². The van der Waals surface area contributed by atoms with E-state index in [0.29, 0.717) is 5.69 Å². The van der Waals surface area contributed by atoms with Crippen LogP contribution in [0.1, 0.15) is 16.1 Å². The number of carbonyl (C=O) groups excluding carboxylic acids is 1. The second kappa shape index (κ2) is 7.22. The molecule has 0 saturated heterocycles. The summed E-state index contributed by atoms with van der Waals surface area (Å²) in [6.07, 6.45) is 1.10. The highest BCUT2D eigenvalue weighted by molar-refractivity contribution is 6.03. The van der Waals surface area contributed by atoms with E-state index < -0.39 is 23.4 Å². The second-order valence-electron chi connectivity index (χ2n) is 5.46. The third kappa shape index (κ3) is 3.80. The van der Waals surface area contributed by atoms with Crippen LogP contribution in [0.15, 0.2) is 48.8 Å². The summed E-state index contributed by atoms with van der Waals surface area (Å²) in [4.78, 5) is 20.0. The number of hydrogen-bond donors (Lipinski definition) is 2. The molecule has 0 bridgehead atoms. The van der Waals surface area contributed by atoms with Gasteiger partial charge in [0, 0.05) is 11.8 Å². The first-order valence-electron chi connectivity index (χ1n) is 7.54. The summed E-state index contributed by atoms with van der Waals surface area (Å²) >= 11 is 0. The van der Waals surface area contributed by atoms with Gasteiger partial charge in [-0.2, -0.15) is 0 Å². The lowest BCUT2D eigenvalue weighted by Gasteiger charge is -2.09. The fraction of sp³-hybridized carbons (Fsp3) is 0.0556. The molecule has 5 nitrogen and oxygen atoms in total. The van der Waals surface area contributed by atoms with E-state index in [9.17, 15) is 18.0 Å². The lowest BCUT2D eigenvalue weighted by molar-refractivity contribution is 0.102. The molecule has 0 aliphatic carbocycles. The van der Waals surface area contributed by atoms with Gasteiger partial charge < -0.3 is 10.6 Å². The Morgan fingerprint density at radius 1 is 1.00 bits per heavy atom. The fourth-order valence-corrected chi connectivity index (χ4v) is 2.23. The number of halogens is 3. The van der Waals surface area contributed by atoms with Crippen LogP contribution in [0.4, 0.5) is 30.4 Å². The Morgan fingerprint density at radius 2 is 1.81 bits per heavy atom. The summed E-state index contributed by atoms with van der Waals surface area (Å²) < 4.78 is 40.0. The van der Waals surface area contributed by atoms with Gasteiger partial charge in [0.1, 0.15) is 17.8 Å². The molecule has 3 rings (SSSR count). The quantitative estimate of drug-likeness (QED) is 0.686. The van der Waals surface area contributed by atoms with Gasteiger partial charge in [0.15, 0.2) is 17.5 Å². The number of hydrogen-bond acceptors (Lipinski definition) is 4. The lowest BCUT2D eigenvalue weighted by Crippen LogP contribution is -2.14. The van der Waals surface area contributed by atoms with E-state index in [2.05, 4.69) is 20.6 Å². The van der Waals surface area contributed by atoms with Crippen LogP contribution < -0.4 is 10.6 Å². The van der Waals surface area contributed by atoms with Crippen LogP contribution in [0.5, 0.6) is 0 Å². The molecule has 0 unspecified atom stereocenters. The highest BCUT2D eigenvalue weighted by atomic mass is 19.2. The minimum atomic E-state index is -1.60. The third-order valence-corrected chi connectivity index (χ3v) is 3.47. The number of nitrogens with one attached hydrogen (secondary N) is 2. The molecule has 0 radical (unpaired) electrons. The van der Waals surface area contributed by atoms with Crippen molar-refractivity contribution < 1.29 is 18.0 Å². The summed E-state index contributed by atoms with van der Waals surface area (Å²) in [5.74, 6) is -4.71. The van der Waals surface area contributed by atoms with Gasteiger partial charge >= 0.3 is 0 Å². The molecular weight excluding hydrogens is 345 g/mol. The van der Waals surface area contributed by atoms with Crippen molar-refractivity contribution in [1.82, 2.24) is 9.97 Å². The molecule has 8 heteroatoms. The maximum atomic E-state index is 13.7. The number of anilines is 3. The first-order chi connectivity index (χ1) is 12.4. The molecule has 0 aliphatic heterocycles. The summed E-state index contributed by atoms with van der Waals surface area (Å²) in [5, 5.41) is 5.17. The SMILES string of the molecule is Cc1cccc(NC(=O)c2cc(Nc3ccc(F)c(F)c3F)ncn2)c1. The zero-order valence-electron chi connectivity index (χ0n) is 13.6. The molecule has 2 aromatic carbocycles. The molecule has 1 aromatic heterocycles. The molecule has 2 N–H and O–H groups in total. The minimum absolute atomic E-state index is 0.0204. The maximum Gasteiger partial charge on any atom is 0.274 e. The molecule has 0 fully saturated rings. The van der Waals surface area contributed by atoms with Gasteiger partial charge in [-0.3, -0.25) is 4.79 Å². The lowest BCUT2D eigenvalue weighted by atomic mass is 10.2. The molecule has 0 saturated carbocycles. The van der Waals surface area contributed by atoms with Crippen molar-refractivity contribution in [3.8, 4) is 0 Å². The average molecular weight is 358 g/mol. The number of aryl methyl sites for hydroxylation is 1. The number of benzene rings is 2. The van der Waals surface area contributed by atoms with Gasteiger partial charge in [0.2, 0.25) is 0 Å². The number of aromatic nitrogens is 2. The summed E-state index contributed by atoms with van der Waals surface area (Å²) in [6, 6.07) is 10.3. The van der Waals surface area contributed by atoms with Gasteiger partial charge in [0.05, 0.1) is 5.69 Å². The van der Waals surface area contributed by atoms with Crippen molar-refractivity contribution in [2.75, 3.05) is 10.6 Å². The van der Waals surface area contributed by atoms with Crippen molar-refractivity contribution >= 4 is 23.1 Å². The first-order valence-corrected chi connectivity index (χ1v) is 7.54. The van der Waals surface area contributed by atoms with E-state index in [1.54, 1.807) is 18.2 Å². The van der Waals surface area contributed by atoms with E-state index in [-0.39, 0.29) is 17.2 Å². The van der Waals surface area contributed by atoms with E-state index in [4.69, 9.17) is 0 Å². The number of carbonyl (C=O) groups is 1. The molecule has 3 aromatic rings. The van der Waals surface area contributed by atoms with E-state index >= 15 is 0 Å². The largest absolute Gasteiger partial charge is 0.338 e. The minimum Gasteiger partial charge on any atom is -0.338 e. The second-order valence-corrected chi connectivity index (χ2v) is 5.46. The van der Waals surface area contributed by atoms with Crippen LogP contribution in [-0.4, -0.2) is 15.9 Å². The number of rotatable bonds is 4. The molecule has 0 aliphatic rings. The average Bonchev–Trinajstić information content (AvgIpc) is 2.62. The van der Waals surface area contributed by atoms with Crippen LogP contribution in [0.3, 0.4) is 0 Å². The Balaban J connectivity index is 1.80. The van der Waals surface area contributed by atoms with E-state index in [0.717, 1.165) is 24.0 Å². The Kier molecular flexibility index (Phi) is 4.83. The van der Waals surface area contributed by atoms with Crippen LogP contribution >= 0.6 is 0 Å². The normalized spacial score (nSPS) is 10.5. The Labute approximate surface area is 146 Å². The van der Waals surface area contributed by atoms with Crippen molar-refractivity contribution in [1.29, 1.82) is 0 Å². The summed E-state index contributed by atoms with van der Waals surface area (Å²) in [7, 11) is 0. The summed E-state index contributed by atoms with van der Waals surface area (Å²) in [5.41, 5.74) is 1.27. The van der Waals surface area contributed by atoms with Crippen molar-refractivity contribution in [3.05, 3.63) is 77.5 Å². The third-order valence-electron chi connectivity index (χ3n) is 3.47. The Bertz CT molecular complexity index is 978. The van der Waals surface area contributed by atoms with Crippen LogP contribution in [-0.2, 0) is 0 Å². The molecular formula is C18H13F3N4O. The zero-order chi connectivity index (χ0) is 18.7. The van der Waals surface area contributed by atoms with Crippen molar-refractivity contribution in [3.63, 3.8) is 0 Å². The fourth-order valence-electron chi connectivity index (χ4n) is 2.23. The number of nitrogens with zero attached hydrogens (tertiary/aromatic N) is 2. The van der Waals surface area contributed by atoms with Crippen molar-refractivity contribution in [2.45, 2.75) is 6.92 Å². The Hall–Kier alpha value is -3.42. The predicted molar refractivity (Wildman–Crippen MR) is 90.8 cm³/mol. The van der Waals surface area contributed by atoms with E-state index in [1.165, 1.54) is 6.07 Å². The van der Waals surface area contributed by atoms with Gasteiger partial charge in [-0.15, -0.1) is 0 Å². The molecule has 132 valence electrons. The van der Waals surface area contributed by atoms with E-state index in [1.807, 2.05) is 13.0 Å². The predicted octanol–water partition coefficient (Wildman–Crippen LogP) is 4.20. The van der Waals surface area contributed by atoms with Crippen LogP contribution in [0.25, 0.3) is 0 Å². The first kappa shape index (κ1) is 17.4. The molecule has 1 heterocycles. The molecule has 0 atom stereocenters. The molecule has 1 amide bonds. The molecule has 26 heavy (non-hydrogen) atoms. The van der Waals surface area contributed by atoms with Crippen LogP contribution in [0.2, 0.25) is 0 Å². The monoisotopic (exact) mass is 358 g/mol. The van der Waals surface area contributed by atoms with Gasteiger partial charge in [-0.1, -0.05) is 12.1 Å².